The van der Waals surface area contributed by atoms with Crippen molar-refractivity contribution in [3.63, 3.8) is 0 Å². The van der Waals surface area contributed by atoms with E-state index < -0.39 is 15.9 Å². The maximum Gasteiger partial charge on any atom is 0.262 e. The largest absolute Gasteiger partial charge is 0.495 e. The van der Waals surface area contributed by atoms with Crippen LogP contribution in [0.3, 0.4) is 0 Å². The maximum atomic E-state index is 12.9. The number of hydrogen-bond acceptors (Lipinski definition) is 5. The number of rotatable bonds is 9. The lowest BCUT2D eigenvalue weighted by atomic mass is 10.1. The molecule has 0 radical (unpaired) electrons. The Morgan fingerprint density at radius 2 is 1.69 bits per heavy atom. The van der Waals surface area contributed by atoms with Gasteiger partial charge in [0.15, 0.2) is 0 Å². The third-order valence-electron chi connectivity index (χ3n) is 5.73. The molecule has 0 saturated heterocycles. The standard InChI is InChI=1S/C26H27N3O5S/c1-17(18-12-14-21(15-13-18)28-25(30)19-10-11-19)27-26(31)20-6-5-7-22(16-20)35(32,33)29-23-8-3-4-9-24(23)34-2/h3-9,12-17,19,29H,10-11H2,1-2H3,(H,27,31)(H,28,30). The summed E-state index contributed by atoms with van der Waals surface area (Å²) in [6.45, 7) is 1.83. The molecular weight excluding hydrogens is 466 g/mol. The number of amides is 2. The summed E-state index contributed by atoms with van der Waals surface area (Å²) in [6.07, 6.45) is 1.87. The van der Waals surface area contributed by atoms with Crippen molar-refractivity contribution >= 4 is 33.2 Å². The minimum absolute atomic E-state index is 0.0362. The molecule has 35 heavy (non-hydrogen) atoms. The van der Waals surface area contributed by atoms with Crippen LogP contribution in [0.4, 0.5) is 11.4 Å². The van der Waals surface area contributed by atoms with Gasteiger partial charge in [0.25, 0.3) is 15.9 Å². The van der Waals surface area contributed by atoms with Crippen molar-refractivity contribution in [2.75, 3.05) is 17.1 Å². The van der Waals surface area contributed by atoms with E-state index in [4.69, 9.17) is 4.74 Å². The number of carbonyl (C=O) groups excluding carboxylic acids is 2. The SMILES string of the molecule is COc1ccccc1NS(=O)(=O)c1cccc(C(=O)NC(C)c2ccc(NC(=O)C3CC3)cc2)c1. The van der Waals surface area contributed by atoms with Gasteiger partial charge in [-0.2, -0.15) is 0 Å². The lowest BCUT2D eigenvalue weighted by Gasteiger charge is -2.16. The van der Waals surface area contributed by atoms with Gasteiger partial charge in [0.2, 0.25) is 5.91 Å². The molecule has 3 aromatic carbocycles. The molecule has 0 spiro atoms. The number of hydrogen-bond donors (Lipinski definition) is 3. The van der Waals surface area contributed by atoms with Crippen LogP contribution < -0.4 is 20.1 Å². The first-order valence-corrected chi connectivity index (χ1v) is 12.7. The Hall–Kier alpha value is -3.85. The fourth-order valence-electron chi connectivity index (χ4n) is 3.55. The van der Waals surface area contributed by atoms with Gasteiger partial charge in [-0.15, -0.1) is 0 Å². The van der Waals surface area contributed by atoms with E-state index in [1.165, 1.54) is 25.3 Å². The Labute approximate surface area is 204 Å². The van der Waals surface area contributed by atoms with Crippen LogP contribution in [0.2, 0.25) is 0 Å². The predicted molar refractivity (Wildman–Crippen MR) is 134 cm³/mol. The average Bonchev–Trinajstić information content (AvgIpc) is 3.70. The number of para-hydroxylation sites is 2. The van der Waals surface area contributed by atoms with Crippen molar-refractivity contribution in [1.82, 2.24) is 5.32 Å². The van der Waals surface area contributed by atoms with E-state index in [1.807, 2.05) is 19.1 Å². The predicted octanol–water partition coefficient (Wildman–Crippen LogP) is 4.34. The number of nitrogens with one attached hydrogen (secondary N) is 3. The molecule has 1 aliphatic carbocycles. The van der Waals surface area contributed by atoms with Gasteiger partial charge < -0.3 is 15.4 Å². The molecule has 182 valence electrons. The van der Waals surface area contributed by atoms with E-state index in [-0.39, 0.29) is 28.3 Å². The van der Waals surface area contributed by atoms with Crippen molar-refractivity contribution in [2.24, 2.45) is 5.92 Å². The topological polar surface area (TPSA) is 114 Å². The molecule has 1 aliphatic rings. The smallest absolute Gasteiger partial charge is 0.262 e. The summed E-state index contributed by atoms with van der Waals surface area (Å²) in [5, 5.41) is 5.77. The lowest BCUT2D eigenvalue weighted by molar-refractivity contribution is -0.117. The van der Waals surface area contributed by atoms with Crippen LogP contribution in [0.15, 0.2) is 77.7 Å². The fourth-order valence-corrected chi connectivity index (χ4v) is 4.66. The maximum absolute atomic E-state index is 12.9. The number of anilines is 2. The lowest BCUT2D eigenvalue weighted by Crippen LogP contribution is -2.27. The number of benzene rings is 3. The summed E-state index contributed by atoms with van der Waals surface area (Å²) in [5.74, 6) is 0.140. The van der Waals surface area contributed by atoms with Gasteiger partial charge >= 0.3 is 0 Å². The molecular formula is C26H27N3O5S. The number of methoxy groups -OCH3 is 1. The average molecular weight is 494 g/mol. The van der Waals surface area contributed by atoms with Crippen molar-refractivity contribution in [2.45, 2.75) is 30.7 Å². The number of sulfonamides is 1. The first kappa shape index (κ1) is 24.3. The summed E-state index contributed by atoms with van der Waals surface area (Å²) in [6, 6.07) is 19.5. The Kier molecular flexibility index (Phi) is 7.07. The third-order valence-corrected chi connectivity index (χ3v) is 7.09. The van der Waals surface area contributed by atoms with E-state index in [9.17, 15) is 18.0 Å². The van der Waals surface area contributed by atoms with Crippen LogP contribution >= 0.6 is 0 Å². The monoisotopic (exact) mass is 493 g/mol. The minimum atomic E-state index is -3.94. The van der Waals surface area contributed by atoms with Crippen LogP contribution in [-0.2, 0) is 14.8 Å². The zero-order valence-corrected chi connectivity index (χ0v) is 20.3. The van der Waals surface area contributed by atoms with Crippen LogP contribution in [0, 0.1) is 5.92 Å². The molecule has 1 saturated carbocycles. The second-order valence-corrected chi connectivity index (χ2v) is 10.1. The molecule has 0 bridgehead atoms. The Morgan fingerprint density at radius 3 is 2.37 bits per heavy atom. The van der Waals surface area contributed by atoms with Gasteiger partial charge in [0.1, 0.15) is 5.75 Å². The fraction of sp³-hybridized carbons (Fsp3) is 0.231. The molecule has 3 aromatic rings. The van der Waals surface area contributed by atoms with Gasteiger partial charge in [-0.3, -0.25) is 14.3 Å². The zero-order valence-electron chi connectivity index (χ0n) is 19.4. The third kappa shape index (κ3) is 5.99. The molecule has 0 heterocycles. The van der Waals surface area contributed by atoms with E-state index in [1.54, 1.807) is 42.5 Å². The highest BCUT2D eigenvalue weighted by atomic mass is 32.2. The van der Waals surface area contributed by atoms with E-state index in [2.05, 4.69) is 15.4 Å². The van der Waals surface area contributed by atoms with Crippen LogP contribution in [0.1, 0.15) is 41.7 Å². The van der Waals surface area contributed by atoms with Crippen LogP contribution in [-0.4, -0.2) is 27.3 Å². The number of ether oxygens (including phenoxy) is 1. The second-order valence-electron chi connectivity index (χ2n) is 8.41. The van der Waals surface area contributed by atoms with E-state index in [0.717, 1.165) is 18.4 Å². The Morgan fingerprint density at radius 1 is 0.971 bits per heavy atom. The molecule has 0 aliphatic heterocycles. The summed E-state index contributed by atoms with van der Waals surface area (Å²) >= 11 is 0. The van der Waals surface area contributed by atoms with Crippen molar-refractivity contribution in [1.29, 1.82) is 0 Å². The van der Waals surface area contributed by atoms with Gasteiger partial charge in [0, 0.05) is 17.2 Å². The molecule has 3 N–H and O–H groups in total. The summed E-state index contributed by atoms with van der Waals surface area (Å²) in [5.41, 5.74) is 2.08. The second kappa shape index (κ2) is 10.2. The van der Waals surface area contributed by atoms with Crippen molar-refractivity contribution in [3.05, 3.63) is 83.9 Å². The van der Waals surface area contributed by atoms with Gasteiger partial charge in [-0.1, -0.05) is 30.3 Å². The van der Waals surface area contributed by atoms with Crippen molar-refractivity contribution in [3.8, 4) is 5.75 Å². The number of carbonyl (C=O) groups is 2. The highest BCUT2D eigenvalue weighted by Crippen LogP contribution is 2.30. The molecule has 1 unspecified atom stereocenters. The quantitative estimate of drug-likeness (QED) is 0.410. The zero-order chi connectivity index (χ0) is 25.0. The molecule has 8 nitrogen and oxygen atoms in total. The first-order valence-electron chi connectivity index (χ1n) is 11.2. The first-order chi connectivity index (χ1) is 16.8. The Balaban J connectivity index is 1.43. The molecule has 9 heteroatoms. The van der Waals surface area contributed by atoms with Crippen LogP contribution in [0.25, 0.3) is 0 Å². The highest BCUT2D eigenvalue weighted by molar-refractivity contribution is 7.92. The Bertz CT molecular complexity index is 1340. The highest BCUT2D eigenvalue weighted by Gasteiger charge is 2.29. The summed E-state index contributed by atoms with van der Waals surface area (Å²) in [7, 11) is -2.49. The minimum Gasteiger partial charge on any atom is -0.495 e. The molecule has 4 rings (SSSR count). The van der Waals surface area contributed by atoms with E-state index in [0.29, 0.717) is 17.1 Å². The molecule has 1 fully saturated rings. The van der Waals surface area contributed by atoms with Gasteiger partial charge in [0.05, 0.1) is 23.7 Å². The van der Waals surface area contributed by atoms with Gasteiger partial charge in [-0.05, 0) is 67.8 Å². The molecule has 2 amide bonds. The van der Waals surface area contributed by atoms with E-state index >= 15 is 0 Å². The van der Waals surface area contributed by atoms with Gasteiger partial charge in [-0.25, -0.2) is 8.42 Å². The van der Waals surface area contributed by atoms with Crippen LogP contribution in [0.5, 0.6) is 5.75 Å². The summed E-state index contributed by atoms with van der Waals surface area (Å²) < 4.78 is 33.5. The normalized spacial score (nSPS) is 14.0. The molecule has 1 atom stereocenters. The molecule has 0 aromatic heterocycles. The van der Waals surface area contributed by atoms with Crippen molar-refractivity contribution < 1.29 is 22.7 Å². The summed E-state index contributed by atoms with van der Waals surface area (Å²) in [4.78, 5) is 24.7.